The lowest BCUT2D eigenvalue weighted by molar-refractivity contribution is 0.0705. The number of pyridine rings is 1. The number of aryl methyl sites for hydroxylation is 1. The molecular weight excluding hydrogens is 250 g/mol. The van der Waals surface area contributed by atoms with Gasteiger partial charge in [0, 0.05) is 43.3 Å². The number of nitrogens with one attached hydrogen (secondary N) is 1. The molecule has 1 aliphatic rings. The molecule has 0 bridgehead atoms. The van der Waals surface area contributed by atoms with Gasteiger partial charge in [0.1, 0.15) is 0 Å². The van der Waals surface area contributed by atoms with Crippen molar-refractivity contribution in [1.29, 1.82) is 0 Å². The zero-order valence-electron chi connectivity index (χ0n) is 11.7. The molecule has 4 heteroatoms. The molecule has 1 fully saturated rings. The van der Waals surface area contributed by atoms with Crippen LogP contribution in [0.3, 0.4) is 0 Å². The minimum Gasteiger partial charge on any atom is -0.367 e. The van der Waals surface area contributed by atoms with Crippen molar-refractivity contribution in [3.05, 3.63) is 53.6 Å². The Morgan fingerprint density at radius 1 is 1.40 bits per heavy atom. The highest BCUT2D eigenvalue weighted by Crippen LogP contribution is 2.26. The molecule has 0 spiro atoms. The fourth-order valence-corrected chi connectivity index (χ4v) is 2.86. The van der Waals surface area contributed by atoms with Crippen LogP contribution in [0.1, 0.15) is 40.4 Å². The summed E-state index contributed by atoms with van der Waals surface area (Å²) in [6.07, 6.45) is 7.63. The van der Waals surface area contributed by atoms with Crippen LogP contribution in [0.4, 0.5) is 0 Å². The van der Waals surface area contributed by atoms with Gasteiger partial charge in [0.15, 0.2) is 0 Å². The van der Waals surface area contributed by atoms with Gasteiger partial charge in [-0.05, 0) is 37.5 Å². The van der Waals surface area contributed by atoms with Crippen LogP contribution in [0.5, 0.6) is 0 Å². The van der Waals surface area contributed by atoms with Crippen molar-refractivity contribution >= 4 is 5.91 Å². The van der Waals surface area contributed by atoms with Crippen molar-refractivity contribution in [1.82, 2.24) is 14.9 Å². The summed E-state index contributed by atoms with van der Waals surface area (Å²) in [5.41, 5.74) is 2.89. The normalized spacial score (nSPS) is 19.1. The first-order chi connectivity index (χ1) is 9.75. The second-order valence-corrected chi connectivity index (χ2v) is 5.40. The van der Waals surface area contributed by atoms with Gasteiger partial charge in [-0.25, -0.2) is 0 Å². The summed E-state index contributed by atoms with van der Waals surface area (Å²) in [4.78, 5) is 21.9. The van der Waals surface area contributed by atoms with Crippen molar-refractivity contribution < 1.29 is 4.79 Å². The average molecular weight is 269 g/mol. The van der Waals surface area contributed by atoms with E-state index in [-0.39, 0.29) is 5.91 Å². The Kier molecular flexibility index (Phi) is 3.54. The molecule has 3 rings (SSSR count). The van der Waals surface area contributed by atoms with E-state index in [9.17, 15) is 4.79 Å². The molecule has 2 aromatic heterocycles. The predicted molar refractivity (Wildman–Crippen MR) is 77.6 cm³/mol. The van der Waals surface area contributed by atoms with Crippen LogP contribution in [0, 0.1) is 6.92 Å². The van der Waals surface area contributed by atoms with Gasteiger partial charge in [-0.3, -0.25) is 9.78 Å². The van der Waals surface area contributed by atoms with Gasteiger partial charge in [0.2, 0.25) is 0 Å². The van der Waals surface area contributed by atoms with Gasteiger partial charge >= 0.3 is 0 Å². The van der Waals surface area contributed by atoms with Gasteiger partial charge in [-0.2, -0.15) is 0 Å². The topological polar surface area (TPSA) is 49.0 Å². The molecule has 1 N–H and O–H groups in total. The summed E-state index contributed by atoms with van der Waals surface area (Å²) in [6.45, 7) is 3.57. The van der Waals surface area contributed by atoms with E-state index in [1.165, 1.54) is 0 Å². The summed E-state index contributed by atoms with van der Waals surface area (Å²) in [5.74, 6) is 0.484. The Labute approximate surface area is 118 Å². The number of aromatic nitrogens is 2. The molecule has 1 saturated heterocycles. The Balaban J connectivity index is 1.76. The van der Waals surface area contributed by atoms with E-state index < -0.39 is 0 Å². The van der Waals surface area contributed by atoms with Crippen LogP contribution < -0.4 is 0 Å². The number of rotatable bonds is 2. The number of hydrogen-bond donors (Lipinski definition) is 1. The maximum absolute atomic E-state index is 12.5. The molecule has 0 aromatic carbocycles. The SMILES string of the molecule is Cc1c[nH]cc1C(=O)N1CCCC(c2ccccn2)C1. The van der Waals surface area contributed by atoms with E-state index in [1.807, 2.05) is 36.4 Å². The van der Waals surface area contributed by atoms with Gasteiger partial charge in [0.25, 0.3) is 5.91 Å². The fraction of sp³-hybridized carbons (Fsp3) is 0.375. The van der Waals surface area contributed by atoms with Gasteiger partial charge in [0.05, 0.1) is 5.56 Å². The largest absolute Gasteiger partial charge is 0.367 e. The molecule has 1 aliphatic heterocycles. The maximum atomic E-state index is 12.5. The number of hydrogen-bond acceptors (Lipinski definition) is 2. The lowest BCUT2D eigenvalue weighted by atomic mass is 9.94. The number of H-pyrrole nitrogens is 1. The Morgan fingerprint density at radius 2 is 2.30 bits per heavy atom. The minimum atomic E-state index is 0.129. The zero-order chi connectivity index (χ0) is 13.9. The molecule has 2 aromatic rings. The van der Waals surface area contributed by atoms with Gasteiger partial charge < -0.3 is 9.88 Å². The third-order valence-electron chi connectivity index (χ3n) is 4.00. The molecule has 104 valence electrons. The van der Waals surface area contributed by atoms with Crippen LogP contribution in [-0.4, -0.2) is 33.9 Å². The van der Waals surface area contributed by atoms with E-state index >= 15 is 0 Å². The van der Waals surface area contributed by atoms with E-state index in [0.717, 1.165) is 42.8 Å². The summed E-state index contributed by atoms with van der Waals surface area (Å²) >= 11 is 0. The summed E-state index contributed by atoms with van der Waals surface area (Å²) in [6, 6.07) is 6.00. The summed E-state index contributed by atoms with van der Waals surface area (Å²) < 4.78 is 0. The molecule has 3 heterocycles. The number of piperidine rings is 1. The number of nitrogens with zero attached hydrogens (tertiary/aromatic N) is 2. The highest BCUT2D eigenvalue weighted by Gasteiger charge is 2.26. The Bertz CT molecular complexity index is 591. The number of amides is 1. The summed E-state index contributed by atoms with van der Waals surface area (Å²) in [7, 11) is 0. The fourth-order valence-electron chi connectivity index (χ4n) is 2.86. The number of likely N-dealkylation sites (tertiary alicyclic amines) is 1. The van der Waals surface area contributed by atoms with E-state index in [1.54, 1.807) is 6.20 Å². The third kappa shape index (κ3) is 2.46. The van der Waals surface area contributed by atoms with Gasteiger partial charge in [-0.1, -0.05) is 6.07 Å². The molecule has 1 amide bonds. The zero-order valence-corrected chi connectivity index (χ0v) is 11.7. The smallest absolute Gasteiger partial charge is 0.255 e. The van der Waals surface area contributed by atoms with Crippen molar-refractivity contribution in [2.75, 3.05) is 13.1 Å². The number of carbonyl (C=O) groups is 1. The quantitative estimate of drug-likeness (QED) is 0.911. The first-order valence-electron chi connectivity index (χ1n) is 7.09. The molecule has 0 radical (unpaired) electrons. The first kappa shape index (κ1) is 12.9. The number of carbonyl (C=O) groups excluding carboxylic acids is 1. The van der Waals surface area contributed by atoms with Crippen LogP contribution in [0.2, 0.25) is 0 Å². The maximum Gasteiger partial charge on any atom is 0.255 e. The molecule has 4 nitrogen and oxygen atoms in total. The third-order valence-corrected chi connectivity index (χ3v) is 4.00. The average Bonchev–Trinajstić information content (AvgIpc) is 2.94. The van der Waals surface area contributed by atoms with Crippen LogP contribution >= 0.6 is 0 Å². The van der Waals surface area contributed by atoms with Crippen LogP contribution in [0.15, 0.2) is 36.8 Å². The predicted octanol–water partition coefficient (Wildman–Crippen LogP) is 2.74. The van der Waals surface area contributed by atoms with Crippen molar-refractivity contribution in [2.24, 2.45) is 0 Å². The molecule has 20 heavy (non-hydrogen) atoms. The Hall–Kier alpha value is -2.10. The monoisotopic (exact) mass is 269 g/mol. The second-order valence-electron chi connectivity index (χ2n) is 5.40. The minimum absolute atomic E-state index is 0.129. The van der Waals surface area contributed by atoms with Crippen molar-refractivity contribution in [3.63, 3.8) is 0 Å². The standard InChI is InChI=1S/C16H19N3O/c1-12-9-17-10-14(12)16(20)19-8-4-5-13(11-19)15-6-2-3-7-18-15/h2-3,6-7,9-10,13,17H,4-5,8,11H2,1H3. The molecule has 1 unspecified atom stereocenters. The lowest BCUT2D eigenvalue weighted by Crippen LogP contribution is -2.39. The first-order valence-corrected chi connectivity index (χ1v) is 7.09. The van der Waals surface area contributed by atoms with Crippen molar-refractivity contribution in [2.45, 2.75) is 25.7 Å². The highest BCUT2D eigenvalue weighted by molar-refractivity contribution is 5.95. The highest BCUT2D eigenvalue weighted by atomic mass is 16.2. The molecule has 0 saturated carbocycles. The molecule has 1 atom stereocenters. The van der Waals surface area contributed by atoms with Crippen LogP contribution in [-0.2, 0) is 0 Å². The van der Waals surface area contributed by atoms with E-state index in [0.29, 0.717) is 5.92 Å². The van der Waals surface area contributed by atoms with Gasteiger partial charge in [-0.15, -0.1) is 0 Å². The second kappa shape index (κ2) is 5.49. The molecule has 0 aliphatic carbocycles. The van der Waals surface area contributed by atoms with Crippen molar-refractivity contribution in [3.8, 4) is 0 Å². The van der Waals surface area contributed by atoms with Crippen LogP contribution in [0.25, 0.3) is 0 Å². The molecular formula is C16H19N3O. The lowest BCUT2D eigenvalue weighted by Gasteiger charge is -2.32. The van der Waals surface area contributed by atoms with E-state index in [2.05, 4.69) is 16.0 Å². The Morgan fingerprint density at radius 3 is 3.00 bits per heavy atom. The summed E-state index contributed by atoms with van der Waals surface area (Å²) in [5, 5.41) is 0. The number of aromatic amines is 1. The van der Waals surface area contributed by atoms with E-state index in [4.69, 9.17) is 0 Å².